The lowest BCUT2D eigenvalue weighted by atomic mass is 10.0. The molecule has 2 aromatic rings. The molecule has 2 aliphatic heterocycles. The van der Waals surface area contributed by atoms with Gasteiger partial charge in [0.25, 0.3) is 0 Å². The van der Waals surface area contributed by atoms with E-state index in [-0.39, 0.29) is 11.8 Å². The van der Waals surface area contributed by atoms with Crippen molar-refractivity contribution in [1.82, 2.24) is 20.3 Å². The Morgan fingerprint density at radius 1 is 1.14 bits per heavy atom. The van der Waals surface area contributed by atoms with Gasteiger partial charge in [0.1, 0.15) is 5.82 Å². The molecule has 2 saturated heterocycles. The van der Waals surface area contributed by atoms with Crippen LogP contribution in [0, 0.1) is 11.8 Å². The first-order chi connectivity index (χ1) is 13.8. The molecule has 0 saturated carbocycles. The van der Waals surface area contributed by atoms with E-state index in [0.717, 1.165) is 57.1 Å². The molecular formula is C20H26N6O2. The second kappa shape index (κ2) is 9.07. The first kappa shape index (κ1) is 18.8. The number of ether oxygens (including phenoxy) is 1. The smallest absolute Gasteiger partial charge is 0.231 e. The van der Waals surface area contributed by atoms with Gasteiger partial charge in [0.15, 0.2) is 0 Å². The number of pyridine rings is 1. The average molecular weight is 382 g/mol. The highest BCUT2D eigenvalue weighted by Gasteiger charge is 2.23. The van der Waals surface area contributed by atoms with Crippen molar-refractivity contribution in [2.45, 2.75) is 19.3 Å². The highest BCUT2D eigenvalue weighted by atomic mass is 16.5. The van der Waals surface area contributed by atoms with Crippen molar-refractivity contribution in [2.24, 2.45) is 11.8 Å². The number of carbonyl (C=O) groups excluding carboxylic acids is 1. The molecule has 0 spiro atoms. The van der Waals surface area contributed by atoms with Crippen LogP contribution in [0.25, 0.3) is 11.4 Å². The summed E-state index contributed by atoms with van der Waals surface area (Å²) in [5, 5.41) is 9.43. The van der Waals surface area contributed by atoms with Crippen molar-refractivity contribution >= 4 is 17.7 Å². The molecule has 2 aliphatic rings. The molecule has 3 N–H and O–H groups in total. The van der Waals surface area contributed by atoms with Gasteiger partial charge in [0.2, 0.25) is 11.9 Å². The zero-order chi connectivity index (χ0) is 19.2. The fourth-order valence-electron chi connectivity index (χ4n) is 3.53. The molecule has 0 bridgehead atoms. The first-order valence-electron chi connectivity index (χ1n) is 9.91. The van der Waals surface area contributed by atoms with Crippen LogP contribution in [0.15, 0.2) is 30.5 Å². The molecule has 0 aliphatic carbocycles. The Morgan fingerprint density at radius 2 is 2.00 bits per heavy atom. The van der Waals surface area contributed by atoms with Gasteiger partial charge >= 0.3 is 0 Å². The monoisotopic (exact) mass is 382 g/mol. The molecular weight excluding hydrogens is 356 g/mol. The van der Waals surface area contributed by atoms with E-state index in [9.17, 15) is 4.79 Å². The van der Waals surface area contributed by atoms with E-state index in [1.807, 2.05) is 18.2 Å². The summed E-state index contributed by atoms with van der Waals surface area (Å²) in [6.45, 7) is 4.14. The van der Waals surface area contributed by atoms with Gasteiger partial charge in [-0.15, -0.1) is 0 Å². The molecule has 4 rings (SSSR count). The van der Waals surface area contributed by atoms with E-state index in [1.54, 1.807) is 12.3 Å². The fourth-order valence-corrected chi connectivity index (χ4v) is 3.53. The molecule has 28 heavy (non-hydrogen) atoms. The van der Waals surface area contributed by atoms with Gasteiger partial charge in [-0.2, -0.15) is 0 Å². The Morgan fingerprint density at radius 3 is 2.82 bits per heavy atom. The Hall–Kier alpha value is -2.58. The van der Waals surface area contributed by atoms with E-state index in [2.05, 4.69) is 30.9 Å². The van der Waals surface area contributed by atoms with Gasteiger partial charge in [-0.1, -0.05) is 6.07 Å². The molecule has 4 heterocycles. The third kappa shape index (κ3) is 4.82. The Balaban J connectivity index is 1.41. The molecule has 1 unspecified atom stereocenters. The SMILES string of the molecule is O=C(Nc1nccc(-c2cccc(NCC3CCOCC3)n2)n1)C1CCNC1. The number of anilines is 2. The summed E-state index contributed by atoms with van der Waals surface area (Å²) in [6, 6.07) is 7.63. The zero-order valence-electron chi connectivity index (χ0n) is 15.9. The second-order valence-corrected chi connectivity index (χ2v) is 7.29. The molecule has 8 nitrogen and oxygen atoms in total. The third-order valence-corrected chi connectivity index (χ3v) is 5.25. The van der Waals surface area contributed by atoms with Crippen LogP contribution in [-0.2, 0) is 9.53 Å². The van der Waals surface area contributed by atoms with E-state index in [0.29, 0.717) is 24.1 Å². The maximum Gasteiger partial charge on any atom is 0.231 e. The van der Waals surface area contributed by atoms with Gasteiger partial charge in [0, 0.05) is 32.5 Å². The highest BCUT2D eigenvalue weighted by molar-refractivity contribution is 5.91. The summed E-state index contributed by atoms with van der Waals surface area (Å²) in [5.74, 6) is 1.69. The third-order valence-electron chi connectivity index (χ3n) is 5.25. The number of hydrogen-bond donors (Lipinski definition) is 3. The lowest BCUT2D eigenvalue weighted by Gasteiger charge is -2.22. The van der Waals surface area contributed by atoms with Crippen molar-refractivity contribution in [3.8, 4) is 11.4 Å². The van der Waals surface area contributed by atoms with E-state index in [4.69, 9.17) is 4.74 Å². The molecule has 148 valence electrons. The van der Waals surface area contributed by atoms with Gasteiger partial charge in [0.05, 0.1) is 17.3 Å². The standard InChI is InChI=1S/C20H26N6O2/c27-19(15-4-8-21-13-15)26-20-22-9-5-17(25-20)16-2-1-3-18(24-16)23-12-14-6-10-28-11-7-14/h1-3,5,9,14-15,21H,4,6-8,10-13H2,(H,23,24)(H,22,25,26,27). The molecule has 2 aromatic heterocycles. The number of rotatable bonds is 6. The van der Waals surface area contributed by atoms with E-state index >= 15 is 0 Å². The summed E-state index contributed by atoms with van der Waals surface area (Å²) in [7, 11) is 0. The Kier molecular flexibility index (Phi) is 6.08. The molecule has 0 aromatic carbocycles. The number of aromatic nitrogens is 3. The van der Waals surface area contributed by atoms with Gasteiger partial charge in [-0.25, -0.2) is 15.0 Å². The largest absolute Gasteiger partial charge is 0.381 e. The van der Waals surface area contributed by atoms with Crippen LogP contribution in [-0.4, -0.2) is 53.7 Å². The van der Waals surface area contributed by atoms with Crippen molar-refractivity contribution in [1.29, 1.82) is 0 Å². The van der Waals surface area contributed by atoms with Crippen molar-refractivity contribution in [3.63, 3.8) is 0 Å². The maximum atomic E-state index is 12.3. The van der Waals surface area contributed by atoms with Crippen LogP contribution >= 0.6 is 0 Å². The van der Waals surface area contributed by atoms with Crippen LogP contribution in [0.4, 0.5) is 11.8 Å². The minimum Gasteiger partial charge on any atom is -0.381 e. The predicted octanol–water partition coefficient (Wildman–Crippen LogP) is 1.93. The van der Waals surface area contributed by atoms with Crippen molar-refractivity contribution in [2.75, 3.05) is 43.5 Å². The zero-order valence-corrected chi connectivity index (χ0v) is 15.9. The number of hydrogen-bond acceptors (Lipinski definition) is 7. The van der Waals surface area contributed by atoms with Crippen LogP contribution in [0.3, 0.4) is 0 Å². The van der Waals surface area contributed by atoms with Gasteiger partial charge < -0.3 is 15.4 Å². The average Bonchev–Trinajstić information content (AvgIpc) is 3.29. The lowest BCUT2D eigenvalue weighted by molar-refractivity contribution is -0.119. The lowest BCUT2D eigenvalue weighted by Crippen LogP contribution is -2.25. The molecule has 0 radical (unpaired) electrons. The molecule has 1 amide bonds. The number of carbonyl (C=O) groups is 1. The minimum atomic E-state index is -0.0398. The normalized spacial score (nSPS) is 20.1. The molecule has 2 fully saturated rings. The maximum absolute atomic E-state index is 12.3. The van der Waals surface area contributed by atoms with Crippen LogP contribution in [0.1, 0.15) is 19.3 Å². The van der Waals surface area contributed by atoms with E-state index in [1.165, 1.54) is 0 Å². The minimum absolute atomic E-state index is 0.0249. The second-order valence-electron chi connectivity index (χ2n) is 7.29. The fraction of sp³-hybridized carbons (Fsp3) is 0.500. The number of nitrogens with one attached hydrogen (secondary N) is 3. The van der Waals surface area contributed by atoms with Gasteiger partial charge in [-0.05, 0) is 49.9 Å². The van der Waals surface area contributed by atoms with Crippen molar-refractivity contribution < 1.29 is 9.53 Å². The van der Waals surface area contributed by atoms with E-state index < -0.39 is 0 Å². The van der Waals surface area contributed by atoms with Crippen LogP contribution in [0.5, 0.6) is 0 Å². The summed E-state index contributed by atoms with van der Waals surface area (Å²) in [6.07, 6.45) is 4.65. The van der Waals surface area contributed by atoms with Gasteiger partial charge in [-0.3, -0.25) is 10.1 Å². The quantitative estimate of drug-likeness (QED) is 0.702. The van der Waals surface area contributed by atoms with Crippen molar-refractivity contribution in [3.05, 3.63) is 30.5 Å². The number of nitrogens with zero attached hydrogens (tertiary/aromatic N) is 3. The Bertz CT molecular complexity index is 803. The molecule has 8 heteroatoms. The van der Waals surface area contributed by atoms with Crippen LogP contribution < -0.4 is 16.0 Å². The summed E-state index contributed by atoms with van der Waals surface area (Å²) in [4.78, 5) is 25.6. The Labute approximate surface area is 164 Å². The summed E-state index contributed by atoms with van der Waals surface area (Å²) >= 11 is 0. The molecule has 1 atom stereocenters. The predicted molar refractivity (Wildman–Crippen MR) is 107 cm³/mol. The topological polar surface area (TPSA) is 101 Å². The van der Waals surface area contributed by atoms with Crippen LogP contribution in [0.2, 0.25) is 0 Å². The number of amides is 1. The highest BCUT2D eigenvalue weighted by Crippen LogP contribution is 2.20. The first-order valence-corrected chi connectivity index (χ1v) is 9.91. The summed E-state index contributed by atoms with van der Waals surface area (Å²) < 4.78 is 5.41. The summed E-state index contributed by atoms with van der Waals surface area (Å²) in [5.41, 5.74) is 1.43.